The van der Waals surface area contributed by atoms with Gasteiger partial charge in [0.15, 0.2) is 0 Å². The highest BCUT2D eigenvalue weighted by Gasteiger charge is 2.08. The average molecular weight is 289 g/mol. The largest absolute Gasteiger partial charge is 0.462 e. The van der Waals surface area contributed by atoms with E-state index in [9.17, 15) is 9.18 Å². The van der Waals surface area contributed by atoms with Gasteiger partial charge in [-0.2, -0.15) is 0 Å². The van der Waals surface area contributed by atoms with Crippen LogP contribution in [0.3, 0.4) is 0 Å². The first-order chi connectivity index (χ1) is 10.2. The molecule has 110 valence electrons. The number of ether oxygens (including phenoxy) is 1. The molecule has 0 unspecified atom stereocenters. The van der Waals surface area contributed by atoms with Gasteiger partial charge in [-0.15, -0.1) is 0 Å². The van der Waals surface area contributed by atoms with Crippen molar-refractivity contribution in [1.29, 1.82) is 0 Å². The molecule has 2 rings (SSSR count). The Morgan fingerprint density at radius 1 is 1.14 bits per heavy atom. The van der Waals surface area contributed by atoms with Crippen LogP contribution >= 0.6 is 0 Å². The van der Waals surface area contributed by atoms with Crippen LogP contribution in [-0.4, -0.2) is 12.6 Å². The molecular formula is C16H16FNO3. The predicted octanol–water partition coefficient (Wildman–Crippen LogP) is 3.06. The van der Waals surface area contributed by atoms with Crippen LogP contribution in [0, 0.1) is 5.82 Å². The van der Waals surface area contributed by atoms with Crippen molar-refractivity contribution in [2.24, 2.45) is 5.90 Å². The number of halogens is 1. The smallest absolute Gasteiger partial charge is 0.338 e. The van der Waals surface area contributed by atoms with Crippen molar-refractivity contribution in [1.82, 2.24) is 0 Å². The van der Waals surface area contributed by atoms with Gasteiger partial charge in [0.2, 0.25) is 0 Å². The van der Waals surface area contributed by atoms with Crippen molar-refractivity contribution >= 4 is 5.97 Å². The maximum atomic E-state index is 13.8. The van der Waals surface area contributed by atoms with Crippen LogP contribution in [0.15, 0.2) is 42.5 Å². The number of hydrogen-bond acceptors (Lipinski definition) is 4. The van der Waals surface area contributed by atoms with Gasteiger partial charge in [-0.25, -0.2) is 15.1 Å². The number of nitrogens with two attached hydrogens (primary N) is 1. The molecule has 0 amide bonds. The van der Waals surface area contributed by atoms with Crippen molar-refractivity contribution in [2.45, 2.75) is 13.5 Å². The molecule has 0 spiro atoms. The van der Waals surface area contributed by atoms with E-state index in [4.69, 9.17) is 10.6 Å². The molecule has 21 heavy (non-hydrogen) atoms. The summed E-state index contributed by atoms with van der Waals surface area (Å²) in [6, 6.07) is 11.6. The minimum atomic E-state index is -0.382. The lowest BCUT2D eigenvalue weighted by molar-refractivity contribution is 0.0526. The molecule has 0 heterocycles. The van der Waals surface area contributed by atoms with Crippen LogP contribution < -0.4 is 5.90 Å². The fourth-order valence-electron chi connectivity index (χ4n) is 1.95. The van der Waals surface area contributed by atoms with Gasteiger partial charge >= 0.3 is 5.97 Å². The fourth-order valence-corrected chi connectivity index (χ4v) is 1.95. The molecule has 0 saturated heterocycles. The molecule has 0 aliphatic heterocycles. The minimum Gasteiger partial charge on any atom is -0.462 e. The fraction of sp³-hybridized carbons (Fsp3) is 0.188. The first-order valence-electron chi connectivity index (χ1n) is 6.53. The first kappa shape index (κ1) is 15.2. The molecule has 0 saturated carbocycles. The lowest BCUT2D eigenvalue weighted by atomic mass is 10.0. The van der Waals surface area contributed by atoms with Crippen molar-refractivity contribution in [3.8, 4) is 11.1 Å². The standard InChI is InChI=1S/C16H16FNO3/c1-2-20-16(19)12-5-3-11(4-6-12)13-7-8-14(10-21-18)15(17)9-13/h3-9H,2,10,18H2,1H3. The Labute approximate surface area is 122 Å². The summed E-state index contributed by atoms with van der Waals surface area (Å²) in [5.41, 5.74) is 2.38. The number of hydrogen-bond donors (Lipinski definition) is 1. The van der Waals surface area contributed by atoms with Crippen LogP contribution in [0.5, 0.6) is 0 Å². The lowest BCUT2D eigenvalue weighted by Crippen LogP contribution is -2.04. The molecule has 2 aromatic rings. The highest BCUT2D eigenvalue weighted by Crippen LogP contribution is 2.23. The minimum absolute atomic E-state index is 0.0217. The van der Waals surface area contributed by atoms with Crippen molar-refractivity contribution in [3.05, 3.63) is 59.4 Å². The number of rotatable bonds is 5. The number of carbonyl (C=O) groups is 1. The molecule has 4 nitrogen and oxygen atoms in total. The molecule has 0 aliphatic carbocycles. The summed E-state index contributed by atoms with van der Waals surface area (Å²) in [6.07, 6.45) is 0. The number of esters is 1. The normalized spacial score (nSPS) is 10.4. The first-order valence-corrected chi connectivity index (χ1v) is 6.53. The van der Waals surface area contributed by atoms with E-state index < -0.39 is 0 Å². The van der Waals surface area contributed by atoms with Crippen LogP contribution in [0.25, 0.3) is 11.1 Å². The Hall–Kier alpha value is -2.24. The summed E-state index contributed by atoms with van der Waals surface area (Å²) in [5.74, 6) is 4.19. The Kier molecular flexibility index (Phi) is 5.03. The Bertz CT molecular complexity index is 626. The molecule has 2 aromatic carbocycles. The van der Waals surface area contributed by atoms with Crippen LogP contribution in [0.4, 0.5) is 4.39 Å². The second-order valence-corrected chi connectivity index (χ2v) is 4.42. The van der Waals surface area contributed by atoms with Gasteiger partial charge in [-0.05, 0) is 36.2 Å². The van der Waals surface area contributed by atoms with Crippen LogP contribution in [0.1, 0.15) is 22.8 Å². The summed E-state index contributed by atoms with van der Waals surface area (Å²) >= 11 is 0. The third-order valence-electron chi connectivity index (χ3n) is 3.02. The quantitative estimate of drug-likeness (QED) is 0.679. The highest BCUT2D eigenvalue weighted by molar-refractivity contribution is 5.90. The molecule has 0 aromatic heterocycles. The van der Waals surface area contributed by atoms with E-state index in [1.54, 1.807) is 43.3 Å². The van der Waals surface area contributed by atoms with E-state index in [0.29, 0.717) is 23.3 Å². The zero-order valence-electron chi connectivity index (χ0n) is 11.6. The third-order valence-corrected chi connectivity index (χ3v) is 3.02. The summed E-state index contributed by atoms with van der Waals surface area (Å²) in [5, 5.41) is 0. The van der Waals surface area contributed by atoms with E-state index in [1.807, 2.05) is 0 Å². The van der Waals surface area contributed by atoms with E-state index in [1.165, 1.54) is 6.07 Å². The molecule has 0 aliphatic rings. The number of carbonyl (C=O) groups excluding carboxylic acids is 1. The maximum Gasteiger partial charge on any atom is 0.338 e. The second kappa shape index (κ2) is 6.97. The van der Waals surface area contributed by atoms with Gasteiger partial charge in [0.25, 0.3) is 0 Å². The SMILES string of the molecule is CCOC(=O)c1ccc(-c2ccc(CON)c(F)c2)cc1. The zero-order valence-corrected chi connectivity index (χ0v) is 11.6. The Balaban J connectivity index is 2.22. The molecule has 0 atom stereocenters. The van der Waals surface area contributed by atoms with Gasteiger partial charge in [-0.3, -0.25) is 4.84 Å². The Morgan fingerprint density at radius 3 is 2.38 bits per heavy atom. The van der Waals surface area contributed by atoms with Gasteiger partial charge < -0.3 is 4.74 Å². The van der Waals surface area contributed by atoms with Gasteiger partial charge in [0.05, 0.1) is 18.8 Å². The van der Waals surface area contributed by atoms with Gasteiger partial charge in [-0.1, -0.05) is 24.3 Å². The zero-order chi connectivity index (χ0) is 15.2. The van der Waals surface area contributed by atoms with Gasteiger partial charge in [0, 0.05) is 5.56 Å². The van der Waals surface area contributed by atoms with E-state index >= 15 is 0 Å². The third kappa shape index (κ3) is 3.65. The van der Waals surface area contributed by atoms with Crippen LogP contribution in [-0.2, 0) is 16.2 Å². The molecule has 0 fully saturated rings. The van der Waals surface area contributed by atoms with E-state index in [2.05, 4.69) is 4.84 Å². The molecule has 0 radical (unpaired) electrons. The summed E-state index contributed by atoms with van der Waals surface area (Å²) < 4.78 is 18.7. The summed E-state index contributed by atoms with van der Waals surface area (Å²) in [6.45, 7) is 2.10. The summed E-state index contributed by atoms with van der Waals surface area (Å²) in [7, 11) is 0. The monoisotopic (exact) mass is 289 g/mol. The highest BCUT2D eigenvalue weighted by atomic mass is 19.1. The maximum absolute atomic E-state index is 13.8. The number of benzene rings is 2. The van der Waals surface area contributed by atoms with Gasteiger partial charge in [0.1, 0.15) is 5.82 Å². The topological polar surface area (TPSA) is 61.5 Å². The predicted molar refractivity (Wildman–Crippen MR) is 76.8 cm³/mol. The van der Waals surface area contributed by atoms with E-state index in [0.717, 1.165) is 5.56 Å². The molecule has 2 N–H and O–H groups in total. The second-order valence-electron chi connectivity index (χ2n) is 4.42. The van der Waals surface area contributed by atoms with Crippen molar-refractivity contribution < 1.29 is 18.8 Å². The van der Waals surface area contributed by atoms with Crippen molar-refractivity contribution in [3.63, 3.8) is 0 Å². The van der Waals surface area contributed by atoms with E-state index in [-0.39, 0.29) is 18.4 Å². The average Bonchev–Trinajstić information content (AvgIpc) is 2.50. The molecular weight excluding hydrogens is 273 g/mol. The molecule has 5 heteroatoms. The Morgan fingerprint density at radius 2 is 1.81 bits per heavy atom. The van der Waals surface area contributed by atoms with Crippen LogP contribution in [0.2, 0.25) is 0 Å². The molecule has 0 bridgehead atoms. The summed E-state index contributed by atoms with van der Waals surface area (Å²) in [4.78, 5) is 16.0. The van der Waals surface area contributed by atoms with Crippen molar-refractivity contribution in [2.75, 3.05) is 6.61 Å². The lowest BCUT2D eigenvalue weighted by Gasteiger charge is -2.07.